The van der Waals surface area contributed by atoms with E-state index >= 15 is 0 Å². The minimum absolute atomic E-state index is 0.0125. The van der Waals surface area contributed by atoms with E-state index in [1.165, 1.54) is 17.2 Å². The van der Waals surface area contributed by atoms with Crippen LogP contribution in [0.1, 0.15) is 24.8 Å². The lowest BCUT2D eigenvalue weighted by Gasteiger charge is -2.26. The maximum absolute atomic E-state index is 12.4. The number of carbonyl (C=O) groups is 1. The van der Waals surface area contributed by atoms with Crippen LogP contribution in [0.5, 0.6) is 0 Å². The highest BCUT2D eigenvalue weighted by Gasteiger charge is 2.18. The van der Waals surface area contributed by atoms with Gasteiger partial charge in [-0.05, 0) is 37.8 Å². The van der Waals surface area contributed by atoms with E-state index in [0.29, 0.717) is 5.69 Å². The number of hydrogen-bond donors (Lipinski definition) is 0. The van der Waals surface area contributed by atoms with Crippen molar-refractivity contribution in [2.75, 3.05) is 13.1 Å². The van der Waals surface area contributed by atoms with Gasteiger partial charge in [0.2, 0.25) is 5.91 Å². The molecular weight excluding hydrogens is 290 g/mol. The zero-order valence-corrected chi connectivity index (χ0v) is 13.4. The molecule has 0 unspecified atom stereocenters. The zero-order valence-electron chi connectivity index (χ0n) is 13.4. The Kier molecular flexibility index (Phi) is 4.55. The number of amides is 1. The first kappa shape index (κ1) is 15.5. The largest absolute Gasteiger partial charge is 0.341 e. The maximum Gasteiger partial charge on any atom is 0.267 e. The third kappa shape index (κ3) is 3.50. The van der Waals surface area contributed by atoms with Gasteiger partial charge in [-0.15, -0.1) is 0 Å². The van der Waals surface area contributed by atoms with E-state index in [1.54, 1.807) is 6.07 Å². The average Bonchev–Trinajstić information content (AvgIpc) is 2.58. The monoisotopic (exact) mass is 311 g/mol. The molecule has 1 saturated heterocycles. The summed E-state index contributed by atoms with van der Waals surface area (Å²) in [5.74, 6) is -0.0266. The highest BCUT2D eigenvalue weighted by atomic mass is 16.2. The smallest absolute Gasteiger partial charge is 0.267 e. The molecule has 0 N–H and O–H groups in total. The van der Waals surface area contributed by atoms with Gasteiger partial charge in [-0.3, -0.25) is 9.59 Å². The number of likely N-dealkylation sites (tertiary alicyclic amines) is 1. The number of carbonyl (C=O) groups excluding carboxylic acids is 1. The summed E-state index contributed by atoms with van der Waals surface area (Å²) < 4.78 is 1.28. The minimum atomic E-state index is -0.243. The molecule has 0 radical (unpaired) electrons. The summed E-state index contributed by atoms with van der Waals surface area (Å²) in [5, 5.41) is 4.39. The van der Waals surface area contributed by atoms with Gasteiger partial charge in [0.15, 0.2) is 0 Å². The highest BCUT2D eigenvalue weighted by molar-refractivity contribution is 5.76. The predicted molar refractivity (Wildman–Crippen MR) is 89.1 cm³/mol. The van der Waals surface area contributed by atoms with Crippen molar-refractivity contribution in [2.45, 2.75) is 32.7 Å². The molecule has 3 rings (SSSR count). The molecule has 23 heavy (non-hydrogen) atoms. The number of hydrogen-bond acceptors (Lipinski definition) is 3. The van der Waals surface area contributed by atoms with Crippen LogP contribution in [0.2, 0.25) is 0 Å². The van der Waals surface area contributed by atoms with Crippen LogP contribution >= 0.6 is 0 Å². The zero-order chi connectivity index (χ0) is 16.2. The van der Waals surface area contributed by atoms with E-state index < -0.39 is 0 Å². The van der Waals surface area contributed by atoms with Gasteiger partial charge in [-0.2, -0.15) is 5.10 Å². The van der Waals surface area contributed by atoms with Crippen molar-refractivity contribution in [2.24, 2.45) is 0 Å². The highest BCUT2D eigenvalue weighted by Crippen LogP contribution is 2.19. The molecule has 5 heteroatoms. The van der Waals surface area contributed by atoms with Crippen molar-refractivity contribution in [3.05, 3.63) is 52.3 Å². The molecule has 2 aromatic rings. The number of nitrogens with zero attached hydrogens (tertiary/aromatic N) is 3. The molecule has 0 spiro atoms. The molecule has 1 fully saturated rings. The van der Waals surface area contributed by atoms with Crippen molar-refractivity contribution >= 4 is 5.91 Å². The molecule has 120 valence electrons. The summed E-state index contributed by atoms with van der Waals surface area (Å²) in [5.41, 5.74) is 2.54. The van der Waals surface area contributed by atoms with Gasteiger partial charge in [-0.1, -0.05) is 24.3 Å². The lowest BCUT2D eigenvalue weighted by Crippen LogP contribution is -2.40. The lowest BCUT2D eigenvalue weighted by molar-refractivity contribution is -0.133. The molecule has 0 aliphatic carbocycles. The lowest BCUT2D eigenvalue weighted by atomic mass is 10.1. The summed E-state index contributed by atoms with van der Waals surface area (Å²) in [6.45, 7) is 3.58. The molecule has 0 atom stereocenters. The van der Waals surface area contributed by atoms with Crippen molar-refractivity contribution in [1.82, 2.24) is 14.7 Å². The Balaban J connectivity index is 1.85. The standard InChI is InChI=1S/C18H21N3O2/c1-14-7-3-4-8-15(14)16-9-10-17(22)21(19-16)13-18(23)20-11-5-2-6-12-20/h3-4,7-10H,2,5-6,11-13H2,1H3. The van der Waals surface area contributed by atoms with Crippen LogP contribution in [0.3, 0.4) is 0 Å². The van der Waals surface area contributed by atoms with Crippen molar-refractivity contribution in [1.29, 1.82) is 0 Å². The SMILES string of the molecule is Cc1ccccc1-c1ccc(=O)n(CC(=O)N2CCCCC2)n1. The van der Waals surface area contributed by atoms with Crippen molar-refractivity contribution in [3.8, 4) is 11.3 Å². The third-order valence-corrected chi connectivity index (χ3v) is 4.28. The van der Waals surface area contributed by atoms with Crippen LogP contribution in [0.15, 0.2) is 41.2 Å². The second-order valence-corrected chi connectivity index (χ2v) is 5.97. The van der Waals surface area contributed by atoms with Crippen LogP contribution < -0.4 is 5.56 Å². The van der Waals surface area contributed by atoms with Crippen LogP contribution in [0, 0.1) is 6.92 Å². The summed E-state index contributed by atoms with van der Waals surface area (Å²) in [6.07, 6.45) is 3.25. The Morgan fingerprint density at radius 2 is 1.83 bits per heavy atom. The molecular formula is C18H21N3O2. The van der Waals surface area contributed by atoms with Crippen molar-refractivity contribution < 1.29 is 4.79 Å². The van der Waals surface area contributed by atoms with Gasteiger partial charge in [0, 0.05) is 24.7 Å². The van der Waals surface area contributed by atoms with E-state index in [-0.39, 0.29) is 18.0 Å². The average molecular weight is 311 g/mol. The van der Waals surface area contributed by atoms with E-state index in [4.69, 9.17) is 0 Å². The molecule has 2 heterocycles. The predicted octanol–water partition coefficient (Wildman–Crippen LogP) is 2.23. The number of benzene rings is 1. The number of aryl methyl sites for hydroxylation is 1. The second kappa shape index (κ2) is 6.77. The molecule has 1 aliphatic heterocycles. The molecule has 0 saturated carbocycles. The molecule has 1 aliphatic rings. The number of rotatable bonds is 3. The Morgan fingerprint density at radius 3 is 2.57 bits per heavy atom. The quantitative estimate of drug-likeness (QED) is 0.873. The Hall–Kier alpha value is -2.43. The molecule has 5 nitrogen and oxygen atoms in total. The Bertz CT molecular complexity index is 761. The minimum Gasteiger partial charge on any atom is -0.341 e. The van der Waals surface area contributed by atoms with Gasteiger partial charge in [0.05, 0.1) is 5.69 Å². The number of piperidine rings is 1. The molecule has 0 bridgehead atoms. The van der Waals surface area contributed by atoms with Gasteiger partial charge >= 0.3 is 0 Å². The fourth-order valence-electron chi connectivity index (χ4n) is 2.94. The topological polar surface area (TPSA) is 55.2 Å². The third-order valence-electron chi connectivity index (χ3n) is 4.28. The number of aromatic nitrogens is 2. The summed E-state index contributed by atoms with van der Waals surface area (Å²) in [6, 6.07) is 11.1. The van der Waals surface area contributed by atoms with Gasteiger partial charge in [-0.25, -0.2) is 4.68 Å². The summed E-state index contributed by atoms with van der Waals surface area (Å²) in [7, 11) is 0. The maximum atomic E-state index is 12.4. The van der Waals surface area contributed by atoms with Gasteiger partial charge < -0.3 is 4.90 Å². The van der Waals surface area contributed by atoms with Crippen LogP contribution in [-0.4, -0.2) is 33.7 Å². The van der Waals surface area contributed by atoms with Crippen LogP contribution in [0.25, 0.3) is 11.3 Å². The van der Waals surface area contributed by atoms with Crippen molar-refractivity contribution in [3.63, 3.8) is 0 Å². The summed E-state index contributed by atoms with van der Waals surface area (Å²) in [4.78, 5) is 26.2. The first-order chi connectivity index (χ1) is 11.1. The molecule has 1 aromatic carbocycles. The Morgan fingerprint density at radius 1 is 1.09 bits per heavy atom. The fraction of sp³-hybridized carbons (Fsp3) is 0.389. The fourth-order valence-corrected chi connectivity index (χ4v) is 2.94. The first-order valence-electron chi connectivity index (χ1n) is 8.07. The Labute approximate surface area is 135 Å². The van der Waals surface area contributed by atoms with Crippen LogP contribution in [0.4, 0.5) is 0 Å². The van der Waals surface area contributed by atoms with Crippen LogP contribution in [-0.2, 0) is 11.3 Å². The van der Waals surface area contributed by atoms with E-state index in [2.05, 4.69) is 5.10 Å². The van der Waals surface area contributed by atoms with E-state index in [9.17, 15) is 9.59 Å². The summed E-state index contributed by atoms with van der Waals surface area (Å²) >= 11 is 0. The molecule has 1 aromatic heterocycles. The molecule has 1 amide bonds. The van der Waals surface area contributed by atoms with Gasteiger partial charge in [0.1, 0.15) is 6.54 Å². The van der Waals surface area contributed by atoms with Gasteiger partial charge in [0.25, 0.3) is 5.56 Å². The van der Waals surface area contributed by atoms with E-state index in [0.717, 1.165) is 37.1 Å². The normalized spacial score (nSPS) is 14.7. The first-order valence-corrected chi connectivity index (χ1v) is 8.07. The van der Waals surface area contributed by atoms with E-state index in [1.807, 2.05) is 36.1 Å². The second-order valence-electron chi connectivity index (χ2n) is 5.97.